The Bertz CT molecular complexity index is 1960. The maximum atomic E-state index is 14.3. The molecule has 0 radical (unpaired) electrons. The number of likely N-dealkylation sites (N-methyl/N-ethyl adjacent to an activating group) is 2. The van der Waals surface area contributed by atoms with Crippen molar-refractivity contribution in [2.45, 2.75) is 147 Å². The highest BCUT2D eigenvalue weighted by Gasteiger charge is 2.43. The van der Waals surface area contributed by atoms with Crippen LogP contribution in [0.2, 0.25) is 0 Å². The Morgan fingerprint density at radius 3 is 2.09 bits per heavy atom. The van der Waals surface area contributed by atoms with Gasteiger partial charge in [0.25, 0.3) is 5.91 Å². The highest BCUT2D eigenvalue weighted by molar-refractivity contribution is 7.90. The molecule has 2 aliphatic rings. The number of carboxylic acids is 1. The molecule has 3 rings (SSSR count). The predicted octanol–water partition coefficient (Wildman–Crippen LogP) is 2.68. The fraction of sp³-hybridized carbons (Fsp3) is 0.723. The number of carboxylic acid groups (broad SMARTS) is 1. The standard InChI is InChI=1S/C47H77N7O13S/c1-11-30(4)42(53(8)39(56)28-49-46(61)41(29(2)3)52(6)7)37(65-9)27-38(55)54-25-15-16-36(54)43(66-10)31(5)44(59)50-35(45(60)51-68(63,64)34-22-23-34)26-32-18-20-33(21-19-32)67-47(62)48-24-14-12-13-17-40(57)58/h18-21,29-31,34-37,41-43H,11-17,22-28H2,1-10H3,(H,48,62)(H,49,61)(H,50,59)(H,51,60)(H,57,58). The third kappa shape index (κ3) is 17.3. The number of hydrogen-bond donors (Lipinski definition) is 5. The lowest BCUT2D eigenvalue weighted by Crippen LogP contribution is -2.56. The van der Waals surface area contributed by atoms with E-state index in [0.29, 0.717) is 70.0 Å². The summed E-state index contributed by atoms with van der Waals surface area (Å²) in [7, 11) is 4.21. The molecule has 1 saturated heterocycles. The van der Waals surface area contributed by atoms with Crippen molar-refractivity contribution in [3.63, 3.8) is 0 Å². The molecule has 21 heteroatoms. The maximum Gasteiger partial charge on any atom is 0.412 e. The van der Waals surface area contributed by atoms with E-state index in [9.17, 15) is 42.0 Å². The van der Waals surface area contributed by atoms with Gasteiger partial charge < -0.3 is 45.1 Å². The summed E-state index contributed by atoms with van der Waals surface area (Å²) in [4.78, 5) is 96.7. The number of methoxy groups -OCH3 is 2. The number of unbranched alkanes of at least 4 members (excludes halogenated alkanes) is 2. The van der Waals surface area contributed by atoms with Crippen LogP contribution in [0.3, 0.4) is 0 Å². The van der Waals surface area contributed by atoms with Gasteiger partial charge in [0, 0.05) is 47.2 Å². The van der Waals surface area contributed by atoms with Crippen LogP contribution in [0.4, 0.5) is 4.79 Å². The summed E-state index contributed by atoms with van der Waals surface area (Å²) in [6, 6.07) is 3.33. The van der Waals surface area contributed by atoms with Gasteiger partial charge in [-0.05, 0) is 82.2 Å². The second-order valence-electron chi connectivity index (χ2n) is 18.7. The Kier molecular flexibility index (Phi) is 23.1. The fourth-order valence-corrected chi connectivity index (χ4v) is 10.2. The van der Waals surface area contributed by atoms with Crippen molar-refractivity contribution in [1.82, 2.24) is 35.4 Å². The quantitative estimate of drug-likeness (QED) is 0.0724. The average molecular weight is 980 g/mol. The lowest BCUT2D eigenvalue weighted by molar-refractivity contribution is -0.146. The first-order valence-electron chi connectivity index (χ1n) is 23.7. The molecule has 384 valence electrons. The molecule has 0 aromatic heterocycles. The van der Waals surface area contributed by atoms with Crippen LogP contribution in [-0.4, -0.2) is 166 Å². The molecular weight excluding hydrogens is 903 g/mol. The number of rotatable bonds is 29. The number of aliphatic carboxylic acids is 1. The summed E-state index contributed by atoms with van der Waals surface area (Å²) < 4.78 is 45.1. The van der Waals surface area contributed by atoms with E-state index in [1.165, 1.54) is 26.4 Å². The molecule has 20 nitrogen and oxygen atoms in total. The first-order valence-corrected chi connectivity index (χ1v) is 25.3. The number of ether oxygens (including phenoxy) is 3. The van der Waals surface area contributed by atoms with Crippen LogP contribution in [0.25, 0.3) is 0 Å². The van der Waals surface area contributed by atoms with Gasteiger partial charge in [-0.3, -0.25) is 38.4 Å². The molecule has 1 saturated carbocycles. The van der Waals surface area contributed by atoms with E-state index in [0.717, 1.165) is 0 Å². The van der Waals surface area contributed by atoms with Crippen molar-refractivity contribution >= 4 is 51.6 Å². The van der Waals surface area contributed by atoms with Gasteiger partial charge >= 0.3 is 12.1 Å². The highest BCUT2D eigenvalue weighted by Crippen LogP contribution is 2.30. The summed E-state index contributed by atoms with van der Waals surface area (Å²) >= 11 is 0. The zero-order chi connectivity index (χ0) is 50.9. The topological polar surface area (TPSA) is 259 Å². The number of hydrogen-bond acceptors (Lipinski definition) is 13. The van der Waals surface area contributed by atoms with Crippen LogP contribution in [-0.2, 0) is 54.7 Å². The molecule has 68 heavy (non-hydrogen) atoms. The number of amides is 6. The lowest BCUT2D eigenvalue weighted by atomic mass is 9.90. The number of carbonyl (C=O) groups is 7. The molecule has 1 aromatic rings. The lowest BCUT2D eigenvalue weighted by Gasteiger charge is -2.39. The van der Waals surface area contributed by atoms with Crippen molar-refractivity contribution in [1.29, 1.82) is 0 Å². The zero-order valence-electron chi connectivity index (χ0n) is 41.6. The number of likely N-dealkylation sites (tertiary alicyclic amines) is 1. The van der Waals surface area contributed by atoms with E-state index in [2.05, 4.69) is 20.7 Å². The van der Waals surface area contributed by atoms with Gasteiger partial charge in [0.15, 0.2) is 0 Å². The molecule has 1 heterocycles. The summed E-state index contributed by atoms with van der Waals surface area (Å²) in [5, 5.41) is 16.2. The SMILES string of the molecule is CCC(C)C(C(CC(=O)N1CCCC1C(OC)C(C)C(=O)NC(Cc1ccc(OC(=O)NCCCCCC(=O)O)cc1)C(=O)NS(=O)(=O)C1CC1)OC)N(C)C(=O)CNC(=O)C(C(C)C)N(C)C. The molecule has 8 atom stereocenters. The molecule has 1 aliphatic carbocycles. The minimum Gasteiger partial charge on any atom is -0.481 e. The number of carbonyl (C=O) groups excluding carboxylic acids is 6. The van der Waals surface area contributed by atoms with Crippen LogP contribution in [0.15, 0.2) is 24.3 Å². The Balaban J connectivity index is 1.73. The van der Waals surface area contributed by atoms with Crippen LogP contribution in [0.5, 0.6) is 5.75 Å². The van der Waals surface area contributed by atoms with Crippen LogP contribution < -0.4 is 25.4 Å². The molecule has 0 spiro atoms. The van der Waals surface area contributed by atoms with E-state index in [1.807, 2.05) is 46.7 Å². The third-order valence-electron chi connectivity index (χ3n) is 12.9. The van der Waals surface area contributed by atoms with Crippen molar-refractivity contribution in [2.24, 2.45) is 17.8 Å². The van der Waals surface area contributed by atoms with E-state index >= 15 is 0 Å². The van der Waals surface area contributed by atoms with Crippen LogP contribution in [0.1, 0.15) is 104 Å². The highest BCUT2D eigenvalue weighted by atomic mass is 32.2. The predicted molar refractivity (Wildman–Crippen MR) is 254 cm³/mol. The second kappa shape index (κ2) is 27.4. The molecule has 1 aliphatic heterocycles. The molecule has 5 N–H and O–H groups in total. The molecular formula is C47H77N7O13S. The van der Waals surface area contributed by atoms with Crippen LogP contribution in [0, 0.1) is 17.8 Å². The zero-order valence-corrected chi connectivity index (χ0v) is 42.4. The molecule has 6 amide bonds. The van der Waals surface area contributed by atoms with Gasteiger partial charge in [-0.1, -0.05) is 59.6 Å². The van der Waals surface area contributed by atoms with Gasteiger partial charge in [0.05, 0.1) is 54.5 Å². The van der Waals surface area contributed by atoms with Gasteiger partial charge in [-0.15, -0.1) is 0 Å². The van der Waals surface area contributed by atoms with Crippen molar-refractivity contribution in [3.8, 4) is 5.75 Å². The van der Waals surface area contributed by atoms with Gasteiger partial charge in [-0.25, -0.2) is 13.2 Å². The van der Waals surface area contributed by atoms with Crippen molar-refractivity contribution < 1.29 is 61.3 Å². The van der Waals surface area contributed by atoms with Gasteiger partial charge in [-0.2, -0.15) is 0 Å². The number of nitrogens with one attached hydrogen (secondary N) is 4. The Morgan fingerprint density at radius 1 is 0.868 bits per heavy atom. The molecule has 8 unspecified atom stereocenters. The summed E-state index contributed by atoms with van der Waals surface area (Å²) in [6.45, 7) is 9.89. The van der Waals surface area contributed by atoms with Crippen molar-refractivity contribution in [2.75, 3.05) is 55.0 Å². The monoisotopic (exact) mass is 980 g/mol. The fourth-order valence-electron chi connectivity index (χ4n) is 8.88. The number of nitrogens with zero attached hydrogens (tertiary/aromatic N) is 3. The van der Waals surface area contributed by atoms with E-state index < -0.39 is 81.4 Å². The average Bonchev–Trinajstić information content (AvgIpc) is 4.04. The third-order valence-corrected chi connectivity index (χ3v) is 14.8. The van der Waals surface area contributed by atoms with E-state index in [4.69, 9.17) is 19.3 Å². The number of benzene rings is 1. The van der Waals surface area contributed by atoms with E-state index in [-0.39, 0.29) is 61.1 Å². The second-order valence-corrected chi connectivity index (χ2v) is 20.6. The first kappa shape index (κ1) is 57.5. The van der Waals surface area contributed by atoms with Gasteiger partial charge in [0.1, 0.15) is 11.8 Å². The first-order chi connectivity index (χ1) is 32.1. The summed E-state index contributed by atoms with van der Waals surface area (Å²) in [5.74, 6) is -4.06. The normalized spacial score (nSPS) is 18.1. The number of sulfonamides is 1. The molecule has 0 bridgehead atoms. The molecule has 2 fully saturated rings. The van der Waals surface area contributed by atoms with Crippen LogP contribution >= 0.6 is 0 Å². The maximum absolute atomic E-state index is 14.3. The van der Waals surface area contributed by atoms with Gasteiger partial charge in [0.2, 0.25) is 33.7 Å². The van der Waals surface area contributed by atoms with Crippen molar-refractivity contribution in [3.05, 3.63) is 29.8 Å². The minimum absolute atomic E-state index is 0.0170. The van der Waals surface area contributed by atoms with E-state index in [1.54, 1.807) is 35.9 Å². The Hall–Kier alpha value is -4.86. The minimum atomic E-state index is -3.98. The Morgan fingerprint density at radius 2 is 1.53 bits per heavy atom. The smallest absolute Gasteiger partial charge is 0.412 e. The Labute approximate surface area is 402 Å². The molecule has 1 aromatic carbocycles. The summed E-state index contributed by atoms with van der Waals surface area (Å²) in [6.07, 6.45) is 1.93. The summed E-state index contributed by atoms with van der Waals surface area (Å²) in [5.41, 5.74) is 0.522. The largest absolute Gasteiger partial charge is 0.481 e.